The number of hydrogen-bond donors (Lipinski definition) is 1. The van der Waals surface area contributed by atoms with Crippen LogP contribution >= 0.6 is 0 Å². The molecule has 1 aromatic carbocycles. The summed E-state index contributed by atoms with van der Waals surface area (Å²) < 4.78 is 38.6. The second-order valence-electron chi connectivity index (χ2n) is 7.29. The van der Waals surface area contributed by atoms with E-state index in [1.807, 2.05) is 13.1 Å². The number of hydrogen-bond acceptors (Lipinski definition) is 3. The number of piperazine rings is 1. The number of allylic oxidation sites excluding steroid dienone is 1. The normalized spacial score (nSPS) is 17.6. The van der Waals surface area contributed by atoms with Gasteiger partial charge >= 0.3 is 6.18 Å². The van der Waals surface area contributed by atoms with E-state index in [-0.39, 0.29) is 5.91 Å². The summed E-state index contributed by atoms with van der Waals surface area (Å²) in [7, 11) is 2.02. The number of alkyl halides is 3. The maximum atomic E-state index is 12.9. The van der Waals surface area contributed by atoms with E-state index in [2.05, 4.69) is 16.5 Å². The summed E-state index contributed by atoms with van der Waals surface area (Å²) in [4.78, 5) is 21.7. The number of anilines is 2. The zero-order chi connectivity index (χ0) is 20.8. The van der Waals surface area contributed by atoms with Gasteiger partial charge in [-0.05, 0) is 49.5 Å². The molecule has 2 aromatic rings. The van der Waals surface area contributed by atoms with Gasteiger partial charge in [-0.25, -0.2) is 0 Å². The van der Waals surface area contributed by atoms with Gasteiger partial charge < -0.3 is 14.8 Å². The molecule has 0 spiro atoms. The van der Waals surface area contributed by atoms with Gasteiger partial charge in [0.1, 0.15) is 11.5 Å². The Bertz CT molecular complexity index is 967. The predicted molar refractivity (Wildman–Crippen MR) is 106 cm³/mol. The quantitative estimate of drug-likeness (QED) is 0.823. The number of carbonyl (C=O) groups is 1. The molecule has 1 amide bonds. The van der Waals surface area contributed by atoms with Crippen LogP contribution in [0, 0.1) is 0 Å². The van der Waals surface area contributed by atoms with E-state index >= 15 is 0 Å². The number of aromatic nitrogens is 1. The molecule has 1 aromatic heterocycles. The average Bonchev–Trinajstić information content (AvgIpc) is 3.11. The van der Waals surface area contributed by atoms with Crippen molar-refractivity contribution >= 4 is 23.5 Å². The second kappa shape index (κ2) is 7.11. The molecule has 0 atom stereocenters. The summed E-state index contributed by atoms with van der Waals surface area (Å²) in [5.74, 6) is 0.536. The van der Waals surface area contributed by atoms with Crippen LogP contribution in [0.4, 0.5) is 24.7 Å². The maximum absolute atomic E-state index is 12.9. The van der Waals surface area contributed by atoms with Gasteiger partial charge in [0, 0.05) is 43.1 Å². The minimum atomic E-state index is -4.39. The van der Waals surface area contributed by atoms with Crippen LogP contribution in [0.2, 0.25) is 0 Å². The molecule has 0 aliphatic carbocycles. The van der Waals surface area contributed by atoms with Crippen LogP contribution in [0.15, 0.2) is 48.7 Å². The highest BCUT2D eigenvalue weighted by Crippen LogP contribution is 2.38. The van der Waals surface area contributed by atoms with Crippen LogP contribution in [-0.2, 0) is 6.18 Å². The molecule has 1 saturated heterocycles. The number of fused-ring (bicyclic) bond motifs is 1. The monoisotopic (exact) mass is 402 g/mol. The van der Waals surface area contributed by atoms with E-state index in [1.165, 1.54) is 12.1 Å². The summed E-state index contributed by atoms with van der Waals surface area (Å²) in [5.41, 5.74) is 1.66. The van der Waals surface area contributed by atoms with Crippen LogP contribution in [0.25, 0.3) is 6.08 Å². The fourth-order valence-corrected chi connectivity index (χ4v) is 3.57. The second-order valence-corrected chi connectivity index (χ2v) is 7.29. The molecular weight excluding hydrogens is 381 g/mol. The SMILES string of the molecule is C=C1C=Cc2cc(C(=O)N3CCN(C)CC3)[nH]c2N1c1ccc(C(F)(F)F)cc1. The highest BCUT2D eigenvalue weighted by atomic mass is 19.4. The highest BCUT2D eigenvalue weighted by Gasteiger charge is 2.31. The van der Waals surface area contributed by atoms with Crippen LogP contribution in [-0.4, -0.2) is 53.9 Å². The number of H-pyrrole nitrogens is 1. The third kappa shape index (κ3) is 3.67. The summed E-state index contributed by atoms with van der Waals surface area (Å²) in [5, 5.41) is 0. The number of carbonyl (C=O) groups excluding carboxylic acids is 1. The van der Waals surface area contributed by atoms with E-state index in [9.17, 15) is 18.0 Å². The van der Waals surface area contributed by atoms with Crippen LogP contribution < -0.4 is 4.90 Å². The van der Waals surface area contributed by atoms with Crippen molar-refractivity contribution in [1.82, 2.24) is 14.8 Å². The first kappa shape index (κ1) is 19.3. The van der Waals surface area contributed by atoms with E-state index < -0.39 is 11.7 Å². The molecule has 1 fully saturated rings. The summed E-state index contributed by atoms with van der Waals surface area (Å²) in [6.45, 7) is 6.94. The molecular formula is C21H21F3N4O. The molecule has 4 rings (SSSR count). The topological polar surface area (TPSA) is 42.6 Å². The third-order valence-corrected chi connectivity index (χ3v) is 5.27. The van der Waals surface area contributed by atoms with Crippen molar-refractivity contribution in [3.05, 3.63) is 65.5 Å². The fourth-order valence-electron chi connectivity index (χ4n) is 3.57. The molecule has 0 saturated carbocycles. The number of likely N-dealkylation sites (N-methyl/N-ethyl adjacent to an activating group) is 1. The van der Waals surface area contributed by atoms with Crippen molar-refractivity contribution in [3.8, 4) is 0 Å². The van der Waals surface area contributed by atoms with Crippen molar-refractivity contribution in [2.75, 3.05) is 38.1 Å². The molecule has 152 valence electrons. The van der Waals surface area contributed by atoms with E-state index in [0.717, 1.165) is 30.8 Å². The van der Waals surface area contributed by atoms with E-state index in [0.29, 0.717) is 36.0 Å². The van der Waals surface area contributed by atoms with E-state index in [4.69, 9.17) is 0 Å². The van der Waals surface area contributed by atoms with Crippen molar-refractivity contribution in [3.63, 3.8) is 0 Å². The predicted octanol–water partition coefficient (Wildman–Crippen LogP) is 4.10. The Morgan fingerprint density at radius 3 is 2.34 bits per heavy atom. The summed E-state index contributed by atoms with van der Waals surface area (Å²) in [6, 6.07) is 6.66. The minimum absolute atomic E-state index is 0.0844. The Hall–Kier alpha value is -3.00. The molecule has 5 nitrogen and oxygen atoms in total. The third-order valence-electron chi connectivity index (χ3n) is 5.27. The molecule has 1 N–H and O–H groups in total. The van der Waals surface area contributed by atoms with Crippen molar-refractivity contribution < 1.29 is 18.0 Å². The first-order chi connectivity index (χ1) is 13.7. The van der Waals surface area contributed by atoms with E-state index in [1.54, 1.807) is 21.9 Å². The zero-order valence-electron chi connectivity index (χ0n) is 16.0. The lowest BCUT2D eigenvalue weighted by Gasteiger charge is -2.32. The standard InChI is InChI=1S/C21H21F3N4O/c1-14-3-4-15-13-18(20(29)27-11-9-26(2)10-12-27)25-19(15)28(14)17-7-5-16(6-8-17)21(22,23)24/h3-8,13,25H,1,9-12H2,2H3. The molecule has 29 heavy (non-hydrogen) atoms. The van der Waals surface area contributed by atoms with Crippen LogP contribution in [0.5, 0.6) is 0 Å². The van der Waals surface area contributed by atoms with Gasteiger partial charge in [-0.3, -0.25) is 9.69 Å². The van der Waals surface area contributed by atoms with Crippen molar-refractivity contribution in [2.45, 2.75) is 6.18 Å². The summed E-state index contributed by atoms with van der Waals surface area (Å²) >= 11 is 0. The molecule has 2 aliphatic heterocycles. The Labute approximate surface area is 166 Å². The molecule has 8 heteroatoms. The van der Waals surface area contributed by atoms with Gasteiger partial charge in [-0.2, -0.15) is 13.2 Å². The molecule has 2 aliphatic rings. The Balaban J connectivity index is 1.63. The lowest BCUT2D eigenvalue weighted by molar-refractivity contribution is -0.137. The largest absolute Gasteiger partial charge is 0.416 e. The van der Waals surface area contributed by atoms with Gasteiger partial charge in [-0.15, -0.1) is 0 Å². The lowest BCUT2D eigenvalue weighted by atomic mass is 10.1. The Morgan fingerprint density at radius 1 is 1.07 bits per heavy atom. The summed E-state index contributed by atoms with van der Waals surface area (Å²) in [6.07, 6.45) is -0.773. The number of aromatic amines is 1. The number of nitrogens with zero attached hydrogens (tertiary/aromatic N) is 3. The number of halogens is 3. The van der Waals surface area contributed by atoms with Gasteiger partial charge in [-0.1, -0.05) is 6.58 Å². The lowest BCUT2D eigenvalue weighted by Crippen LogP contribution is -2.47. The number of amides is 1. The Morgan fingerprint density at radius 2 is 1.72 bits per heavy atom. The van der Waals surface area contributed by atoms with Gasteiger partial charge in [0.05, 0.1) is 5.56 Å². The molecule has 0 radical (unpaired) electrons. The van der Waals surface area contributed by atoms with Crippen molar-refractivity contribution in [2.24, 2.45) is 0 Å². The zero-order valence-corrected chi connectivity index (χ0v) is 16.0. The van der Waals surface area contributed by atoms with Gasteiger partial charge in [0.2, 0.25) is 0 Å². The molecule has 0 bridgehead atoms. The molecule has 0 unspecified atom stereocenters. The average molecular weight is 402 g/mol. The minimum Gasteiger partial charge on any atom is -0.336 e. The number of nitrogens with one attached hydrogen (secondary N) is 1. The van der Waals surface area contributed by atoms with Gasteiger partial charge in [0.25, 0.3) is 5.91 Å². The van der Waals surface area contributed by atoms with Gasteiger partial charge in [0.15, 0.2) is 0 Å². The Kier molecular flexibility index (Phi) is 4.74. The smallest absolute Gasteiger partial charge is 0.336 e. The first-order valence-corrected chi connectivity index (χ1v) is 9.29. The van der Waals surface area contributed by atoms with Crippen LogP contribution in [0.3, 0.4) is 0 Å². The van der Waals surface area contributed by atoms with Crippen LogP contribution in [0.1, 0.15) is 21.6 Å². The first-order valence-electron chi connectivity index (χ1n) is 9.29. The highest BCUT2D eigenvalue weighted by molar-refractivity contribution is 5.96. The fraction of sp³-hybridized carbons (Fsp3) is 0.286. The number of rotatable bonds is 2. The van der Waals surface area contributed by atoms with Crippen molar-refractivity contribution in [1.29, 1.82) is 0 Å². The number of benzene rings is 1. The molecule has 3 heterocycles. The maximum Gasteiger partial charge on any atom is 0.416 e.